The topological polar surface area (TPSA) is 67.8 Å². The highest BCUT2D eigenvalue weighted by atomic mass is 35.5. The molecule has 1 amide bonds. The fourth-order valence-electron chi connectivity index (χ4n) is 2.10. The lowest BCUT2D eigenvalue weighted by Crippen LogP contribution is -2.15. The molecule has 0 bridgehead atoms. The predicted octanol–water partition coefficient (Wildman–Crippen LogP) is 4.33. The molecule has 0 aliphatic heterocycles. The Balaban J connectivity index is 2.47. The van der Waals surface area contributed by atoms with Gasteiger partial charge in [0.25, 0.3) is 5.91 Å². The van der Waals surface area contributed by atoms with Gasteiger partial charge in [0.15, 0.2) is 0 Å². The number of phenolic OH excluding ortho intramolecular Hbond substituents is 1. The van der Waals surface area contributed by atoms with Gasteiger partial charge in [-0.2, -0.15) is 13.2 Å². The number of methoxy groups -OCH3 is 2. The maximum atomic E-state index is 13.1. The fourth-order valence-corrected chi connectivity index (χ4v) is 2.27. The Labute approximate surface area is 145 Å². The van der Waals surface area contributed by atoms with Gasteiger partial charge in [0.05, 0.1) is 31.0 Å². The van der Waals surface area contributed by atoms with Gasteiger partial charge in [-0.3, -0.25) is 4.79 Å². The number of carbonyl (C=O) groups excluding carboxylic acids is 1. The summed E-state index contributed by atoms with van der Waals surface area (Å²) in [7, 11) is 2.32. The number of nitrogens with one attached hydrogen (secondary N) is 1. The number of phenols is 1. The van der Waals surface area contributed by atoms with Gasteiger partial charge in [-0.15, -0.1) is 0 Å². The monoisotopic (exact) mass is 375 g/mol. The summed E-state index contributed by atoms with van der Waals surface area (Å²) < 4.78 is 49.1. The lowest BCUT2D eigenvalue weighted by Gasteiger charge is -2.17. The van der Waals surface area contributed by atoms with Crippen LogP contribution >= 0.6 is 11.6 Å². The van der Waals surface area contributed by atoms with Crippen molar-refractivity contribution in [3.05, 3.63) is 46.5 Å². The Hall–Kier alpha value is -2.61. The molecule has 0 saturated carbocycles. The van der Waals surface area contributed by atoms with Crippen molar-refractivity contribution in [2.24, 2.45) is 0 Å². The van der Waals surface area contributed by atoms with E-state index >= 15 is 0 Å². The predicted molar refractivity (Wildman–Crippen MR) is 85.6 cm³/mol. The van der Waals surface area contributed by atoms with Crippen molar-refractivity contribution in [3.8, 4) is 17.2 Å². The zero-order chi connectivity index (χ0) is 18.8. The molecule has 134 valence electrons. The van der Waals surface area contributed by atoms with Gasteiger partial charge in [-0.05, 0) is 24.3 Å². The summed E-state index contributed by atoms with van der Waals surface area (Å²) in [5, 5.41) is 12.2. The minimum Gasteiger partial charge on any atom is -0.507 e. The number of alkyl halides is 3. The standard InChI is InChI=1S/C16H13ClF3NO4/c1-24-13-7-14(25-2)11(6-10(13)16(18,19)20)21-15(23)9-5-8(17)3-4-12(9)22/h3-7,22H,1-2H3,(H,21,23). The normalized spacial score (nSPS) is 11.1. The molecule has 0 radical (unpaired) electrons. The van der Waals surface area contributed by atoms with Crippen molar-refractivity contribution in [2.75, 3.05) is 19.5 Å². The number of ether oxygens (including phenoxy) is 2. The first-order chi connectivity index (χ1) is 11.7. The van der Waals surface area contributed by atoms with Crippen LogP contribution < -0.4 is 14.8 Å². The highest BCUT2D eigenvalue weighted by Crippen LogP contribution is 2.42. The third kappa shape index (κ3) is 4.08. The van der Waals surface area contributed by atoms with E-state index in [0.717, 1.165) is 13.2 Å². The smallest absolute Gasteiger partial charge is 0.420 e. The molecule has 0 heterocycles. The van der Waals surface area contributed by atoms with E-state index in [0.29, 0.717) is 6.07 Å². The molecule has 0 aromatic heterocycles. The number of amides is 1. The number of hydrogen-bond donors (Lipinski definition) is 2. The van der Waals surface area contributed by atoms with Gasteiger partial charge in [-0.25, -0.2) is 0 Å². The molecule has 0 atom stereocenters. The van der Waals surface area contributed by atoms with Crippen molar-refractivity contribution >= 4 is 23.2 Å². The Morgan fingerprint density at radius 1 is 1.12 bits per heavy atom. The summed E-state index contributed by atoms with van der Waals surface area (Å²) in [6.07, 6.45) is -4.70. The summed E-state index contributed by atoms with van der Waals surface area (Å²) in [6, 6.07) is 5.45. The van der Waals surface area contributed by atoms with Gasteiger partial charge < -0.3 is 19.9 Å². The quantitative estimate of drug-likeness (QED) is 0.834. The number of benzene rings is 2. The van der Waals surface area contributed by atoms with Crippen LogP contribution in [0.5, 0.6) is 17.2 Å². The third-order valence-corrected chi connectivity index (χ3v) is 3.51. The summed E-state index contributed by atoms with van der Waals surface area (Å²) in [5.41, 5.74) is -1.51. The number of aromatic hydroxyl groups is 1. The second-order valence-corrected chi connectivity index (χ2v) is 5.30. The molecule has 0 fully saturated rings. The molecule has 25 heavy (non-hydrogen) atoms. The first-order valence-corrected chi connectivity index (χ1v) is 7.18. The van der Waals surface area contributed by atoms with Gasteiger partial charge in [0.2, 0.25) is 0 Å². The van der Waals surface area contributed by atoms with E-state index in [1.807, 2.05) is 0 Å². The van der Waals surface area contributed by atoms with Gasteiger partial charge >= 0.3 is 6.18 Å². The molecule has 0 aliphatic carbocycles. The molecule has 0 saturated heterocycles. The van der Waals surface area contributed by atoms with Crippen LogP contribution in [0.1, 0.15) is 15.9 Å². The van der Waals surface area contributed by atoms with Crippen molar-refractivity contribution in [1.82, 2.24) is 0 Å². The van der Waals surface area contributed by atoms with Crippen molar-refractivity contribution < 1.29 is 32.5 Å². The highest BCUT2D eigenvalue weighted by molar-refractivity contribution is 6.31. The van der Waals surface area contributed by atoms with Crippen molar-refractivity contribution in [3.63, 3.8) is 0 Å². The average Bonchev–Trinajstić information content (AvgIpc) is 2.55. The van der Waals surface area contributed by atoms with E-state index in [-0.39, 0.29) is 27.8 Å². The Kier molecular flexibility index (Phi) is 5.32. The number of halogens is 4. The summed E-state index contributed by atoms with van der Waals surface area (Å²) in [6.45, 7) is 0. The second-order valence-electron chi connectivity index (χ2n) is 4.87. The molecule has 9 heteroatoms. The van der Waals surface area contributed by atoms with E-state index < -0.39 is 23.4 Å². The molecule has 2 aromatic carbocycles. The zero-order valence-electron chi connectivity index (χ0n) is 13.1. The average molecular weight is 376 g/mol. The molecule has 5 nitrogen and oxygen atoms in total. The van der Waals surface area contributed by atoms with E-state index in [1.54, 1.807) is 0 Å². The maximum absolute atomic E-state index is 13.1. The Morgan fingerprint density at radius 2 is 1.76 bits per heavy atom. The SMILES string of the molecule is COc1cc(OC)c(C(F)(F)F)cc1NC(=O)c1cc(Cl)ccc1O. The molecule has 0 aliphatic rings. The number of hydrogen-bond acceptors (Lipinski definition) is 4. The summed E-state index contributed by atoms with van der Waals surface area (Å²) >= 11 is 5.77. The molecular formula is C16H13ClF3NO4. The van der Waals surface area contributed by atoms with Gasteiger partial charge in [-0.1, -0.05) is 11.6 Å². The summed E-state index contributed by atoms with van der Waals surface area (Å²) in [4.78, 5) is 12.3. The van der Waals surface area contributed by atoms with Crippen LogP contribution in [0, 0.1) is 0 Å². The number of anilines is 1. The van der Waals surface area contributed by atoms with E-state index in [4.69, 9.17) is 21.1 Å². The van der Waals surface area contributed by atoms with Gasteiger partial charge in [0.1, 0.15) is 17.2 Å². The van der Waals surface area contributed by atoms with Crippen LogP contribution in [0.15, 0.2) is 30.3 Å². The molecule has 2 N–H and O–H groups in total. The molecule has 2 aromatic rings. The largest absolute Gasteiger partial charge is 0.507 e. The van der Waals surface area contributed by atoms with Gasteiger partial charge in [0, 0.05) is 11.1 Å². The first-order valence-electron chi connectivity index (χ1n) is 6.80. The van der Waals surface area contributed by atoms with Crippen LogP contribution in [-0.4, -0.2) is 25.2 Å². The van der Waals surface area contributed by atoms with Crippen LogP contribution in [0.25, 0.3) is 0 Å². The molecule has 2 rings (SSSR count). The Morgan fingerprint density at radius 3 is 2.32 bits per heavy atom. The van der Waals surface area contributed by atoms with Crippen molar-refractivity contribution in [2.45, 2.75) is 6.18 Å². The van der Waals surface area contributed by atoms with E-state index in [2.05, 4.69) is 5.32 Å². The Bertz CT molecular complexity index is 809. The molecule has 0 spiro atoms. The number of rotatable bonds is 4. The van der Waals surface area contributed by atoms with E-state index in [1.165, 1.54) is 25.3 Å². The highest BCUT2D eigenvalue weighted by Gasteiger charge is 2.35. The second kappa shape index (κ2) is 7.10. The van der Waals surface area contributed by atoms with E-state index in [9.17, 15) is 23.1 Å². The lowest BCUT2D eigenvalue weighted by atomic mass is 10.1. The maximum Gasteiger partial charge on any atom is 0.420 e. The minimum atomic E-state index is -4.70. The van der Waals surface area contributed by atoms with Crippen LogP contribution in [-0.2, 0) is 6.18 Å². The fraction of sp³-hybridized carbons (Fsp3) is 0.188. The van der Waals surface area contributed by atoms with Crippen LogP contribution in [0.2, 0.25) is 5.02 Å². The lowest BCUT2D eigenvalue weighted by molar-refractivity contribution is -0.138. The molecular weight excluding hydrogens is 363 g/mol. The summed E-state index contributed by atoms with van der Waals surface area (Å²) in [5.74, 6) is -1.71. The van der Waals surface area contributed by atoms with Crippen LogP contribution in [0.4, 0.5) is 18.9 Å². The number of carbonyl (C=O) groups is 1. The van der Waals surface area contributed by atoms with Crippen LogP contribution in [0.3, 0.4) is 0 Å². The molecule has 0 unspecified atom stereocenters. The van der Waals surface area contributed by atoms with Crippen molar-refractivity contribution in [1.29, 1.82) is 0 Å². The zero-order valence-corrected chi connectivity index (χ0v) is 13.8. The minimum absolute atomic E-state index is 0.0419. The first kappa shape index (κ1) is 18.7. The third-order valence-electron chi connectivity index (χ3n) is 3.28.